The van der Waals surface area contributed by atoms with E-state index in [-0.39, 0.29) is 0 Å². The third-order valence-electron chi connectivity index (χ3n) is 4.30. The first-order chi connectivity index (χ1) is 9.30. The van der Waals surface area contributed by atoms with Crippen LogP contribution in [0.1, 0.15) is 58.8 Å². The molecule has 1 heterocycles. The van der Waals surface area contributed by atoms with Crippen LogP contribution in [0.3, 0.4) is 0 Å². The molecule has 19 heavy (non-hydrogen) atoms. The molecule has 1 unspecified atom stereocenters. The van der Waals surface area contributed by atoms with Crippen molar-refractivity contribution in [3.63, 3.8) is 0 Å². The number of nitrogens with two attached hydrogens (primary N) is 1. The molecule has 0 aromatic rings. The minimum absolute atomic E-state index is 0.520. The number of hydrogen-bond acceptors (Lipinski definition) is 3. The molecule has 0 saturated carbocycles. The average molecular weight is 270 g/mol. The Balaban J connectivity index is 2.09. The normalized spacial score (nSPS) is 19.7. The van der Waals surface area contributed by atoms with E-state index in [0.717, 1.165) is 19.1 Å². The van der Waals surface area contributed by atoms with Gasteiger partial charge in [0.05, 0.1) is 6.10 Å². The van der Waals surface area contributed by atoms with Crippen LogP contribution in [0, 0.1) is 5.92 Å². The van der Waals surface area contributed by atoms with Crippen LogP contribution in [0.5, 0.6) is 0 Å². The summed E-state index contributed by atoms with van der Waals surface area (Å²) >= 11 is 0. The molecule has 0 spiro atoms. The third kappa shape index (κ3) is 7.28. The maximum absolute atomic E-state index is 5.70. The van der Waals surface area contributed by atoms with Crippen molar-refractivity contribution < 1.29 is 4.74 Å². The van der Waals surface area contributed by atoms with Crippen molar-refractivity contribution in [2.75, 3.05) is 32.8 Å². The first-order valence-electron chi connectivity index (χ1n) is 8.34. The SMILES string of the molecule is CCCC(CCN)CCCN1CCC(OCC)CC1. The standard InChI is InChI=1S/C16H34N2O/c1-3-6-15(8-11-17)7-5-12-18-13-9-16(10-14-18)19-4-2/h15-16H,3-14,17H2,1-2H3. The molecule has 0 aromatic heterocycles. The number of likely N-dealkylation sites (tertiary alicyclic amines) is 1. The molecule has 114 valence electrons. The lowest BCUT2D eigenvalue weighted by molar-refractivity contribution is 0.0137. The smallest absolute Gasteiger partial charge is 0.0599 e. The molecule has 1 saturated heterocycles. The lowest BCUT2D eigenvalue weighted by atomic mass is 9.94. The van der Waals surface area contributed by atoms with Gasteiger partial charge in [0.1, 0.15) is 0 Å². The summed E-state index contributed by atoms with van der Waals surface area (Å²) in [5, 5.41) is 0. The molecule has 1 fully saturated rings. The van der Waals surface area contributed by atoms with Crippen molar-refractivity contribution >= 4 is 0 Å². The number of ether oxygens (including phenoxy) is 1. The van der Waals surface area contributed by atoms with Crippen molar-refractivity contribution in [2.24, 2.45) is 11.7 Å². The predicted molar refractivity (Wildman–Crippen MR) is 82.4 cm³/mol. The Morgan fingerprint density at radius 1 is 1.16 bits per heavy atom. The fraction of sp³-hybridized carbons (Fsp3) is 1.00. The van der Waals surface area contributed by atoms with Crippen LogP contribution in [-0.4, -0.2) is 43.8 Å². The Labute approximate surface area is 119 Å². The lowest BCUT2D eigenvalue weighted by Crippen LogP contribution is -2.37. The quantitative estimate of drug-likeness (QED) is 0.663. The fourth-order valence-corrected chi connectivity index (χ4v) is 3.22. The molecule has 0 amide bonds. The summed E-state index contributed by atoms with van der Waals surface area (Å²) in [4.78, 5) is 2.61. The second kappa shape index (κ2) is 10.6. The molecule has 3 nitrogen and oxygen atoms in total. The van der Waals surface area contributed by atoms with E-state index in [0.29, 0.717) is 6.10 Å². The molecular weight excluding hydrogens is 236 g/mol. The highest BCUT2D eigenvalue weighted by atomic mass is 16.5. The van der Waals surface area contributed by atoms with Crippen LogP contribution >= 0.6 is 0 Å². The Bertz CT molecular complexity index is 197. The molecule has 1 aliphatic heterocycles. The van der Waals surface area contributed by atoms with Gasteiger partial charge in [0.25, 0.3) is 0 Å². The predicted octanol–water partition coefficient (Wildman–Crippen LogP) is 3.03. The molecule has 1 rings (SSSR count). The van der Waals surface area contributed by atoms with E-state index in [9.17, 15) is 0 Å². The first-order valence-corrected chi connectivity index (χ1v) is 8.34. The zero-order valence-electron chi connectivity index (χ0n) is 13.1. The molecule has 0 aromatic carbocycles. The minimum Gasteiger partial charge on any atom is -0.378 e. The zero-order chi connectivity index (χ0) is 13.9. The van der Waals surface area contributed by atoms with E-state index in [1.165, 1.54) is 64.6 Å². The van der Waals surface area contributed by atoms with Gasteiger partial charge in [-0.05, 0) is 58.0 Å². The Morgan fingerprint density at radius 3 is 2.47 bits per heavy atom. The topological polar surface area (TPSA) is 38.5 Å². The molecule has 1 aliphatic rings. The molecular formula is C16H34N2O. The lowest BCUT2D eigenvalue weighted by Gasteiger charge is -2.32. The highest BCUT2D eigenvalue weighted by Crippen LogP contribution is 2.19. The highest BCUT2D eigenvalue weighted by Gasteiger charge is 2.19. The van der Waals surface area contributed by atoms with Crippen molar-refractivity contribution in [2.45, 2.75) is 64.9 Å². The number of rotatable bonds is 10. The van der Waals surface area contributed by atoms with Gasteiger partial charge in [0.15, 0.2) is 0 Å². The molecule has 0 radical (unpaired) electrons. The van der Waals surface area contributed by atoms with E-state index in [2.05, 4.69) is 18.7 Å². The van der Waals surface area contributed by atoms with Crippen LogP contribution in [0.25, 0.3) is 0 Å². The van der Waals surface area contributed by atoms with Gasteiger partial charge in [-0.1, -0.05) is 19.8 Å². The van der Waals surface area contributed by atoms with Crippen LogP contribution in [0.2, 0.25) is 0 Å². The summed E-state index contributed by atoms with van der Waals surface area (Å²) in [6.07, 6.45) is 9.50. The first kappa shape index (κ1) is 16.9. The summed E-state index contributed by atoms with van der Waals surface area (Å²) in [5.74, 6) is 0.857. The molecule has 0 bridgehead atoms. The summed E-state index contributed by atoms with van der Waals surface area (Å²) < 4.78 is 5.70. The van der Waals surface area contributed by atoms with Gasteiger partial charge < -0.3 is 15.4 Å². The van der Waals surface area contributed by atoms with Crippen LogP contribution < -0.4 is 5.73 Å². The summed E-state index contributed by atoms with van der Waals surface area (Å²) in [6.45, 7) is 9.80. The monoisotopic (exact) mass is 270 g/mol. The minimum atomic E-state index is 0.520. The molecule has 1 atom stereocenters. The number of nitrogens with zero attached hydrogens (tertiary/aromatic N) is 1. The number of piperidine rings is 1. The van der Waals surface area contributed by atoms with Gasteiger partial charge in [0.2, 0.25) is 0 Å². The van der Waals surface area contributed by atoms with Gasteiger partial charge in [-0.15, -0.1) is 0 Å². The van der Waals surface area contributed by atoms with E-state index in [1.807, 2.05) is 0 Å². The van der Waals surface area contributed by atoms with Gasteiger partial charge >= 0.3 is 0 Å². The van der Waals surface area contributed by atoms with E-state index >= 15 is 0 Å². The summed E-state index contributed by atoms with van der Waals surface area (Å²) in [5.41, 5.74) is 5.69. The van der Waals surface area contributed by atoms with Gasteiger partial charge in [-0.3, -0.25) is 0 Å². The van der Waals surface area contributed by atoms with Crippen molar-refractivity contribution in [3.05, 3.63) is 0 Å². The highest BCUT2D eigenvalue weighted by molar-refractivity contribution is 4.73. The third-order valence-corrected chi connectivity index (χ3v) is 4.30. The van der Waals surface area contributed by atoms with Crippen molar-refractivity contribution in [1.29, 1.82) is 0 Å². The largest absolute Gasteiger partial charge is 0.378 e. The van der Waals surface area contributed by atoms with Crippen LogP contribution in [-0.2, 0) is 4.74 Å². The van der Waals surface area contributed by atoms with E-state index in [1.54, 1.807) is 0 Å². The van der Waals surface area contributed by atoms with E-state index < -0.39 is 0 Å². The number of hydrogen-bond donors (Lipinski definition) is 1. The Kier molecular flexibility index (Phi) is 9.48. The van der Waals surface area contributed by atoms with Crippen LogP contribution in [0.4, 0.5) is 0 Å². The Hall–Kier alpha value is -0.120. The van der Waals surface area contributed by atoms with Crippen molar-refractivity contribution in [1.82, 2.24) is 4.90 Å². The van der Waals surface area contributed by atoms with E-state index in [4.69, 9.17) is 10.5 Å². The maximum atomic E-state index is 5.70. The Morgan fingerprint density at radius 2 is 1.89 bits per heavy atom. The fourth-order valence-electron chi connectivity index (χ4n) is 3.22. The zero-order valence-corrected chi connectivity index (χ0v) is 13.1. The van der Waals surface area contributed by atoms with Gasteiger partial charge in [-0.25, -0.2) is 0 Å². The van der Waals surface area contributed by atoms with Crippen molar-refractivity contribution in [3.8, 4) is 0 Å². The van der Waals surface area contributed by atoms with Gasteiger partial charge in [0, 0.05) is 19.7 Å². The van der Waals surface area contributed by atoms with Gasteiger partial charge in [-0.2, -0.15) is 0 Å². The second-order valence-corrected chi connectivity index (χ2v) is 5.87. The average Bonchev–Trinajstić information content (AvgIpc) is 2.41. The summed E-state index contributed by atoms with van der Waals surface area (Å²) in [6, 6.07) is 0. The maximum Gasteiger partial charge on any atom is 0.0599 e. The second-order valence-electron chi connectivity index (χ2n) is 5.87. The summed E-state index contributed by atoms with van der Waals surface area (Å²) in [7, 11) is 0. The van der Waals surface area contributed by atoms with Crippen LogP contribution in [0.15, 0.2) is 0 Å². The molecule has 2 N–H and O–H groups in total. The molecule has 0 aliphatic carbocycles. The molecule has 3 heteroatoms.